The van der Waals surface area contributed by atoms with E-state index in [9.17, 15) is 32.3 Å². The summed E-state index contributed by atoms with van der Waals surface area (Å²) >= 11 is 5.84. The molecule has 1 heterocycles. The van der Waals surface area contributed by atoms with Gasteiger partial charge in [0.15, 0.2) is 0 Å². The van der Waals surface area contributed by atoms with Crippen molar-refractivity contribution >= 4 is 39.4 Å². The van der Waals surface area contributed by atoms with Gasteiger partial charge in [0.1, 0.15) is 17.6 Å². The number of amides is 2. The largest absolute Gasteiger partial charge is 0.496 e. The highest BCUT2D eigenvalue weighted by Crippen LogP contribution is 2.30. The van der Waals surface area contributed by atoms with Crippen molar-refractivity contribution in [2.24, 2.45) is 11.8 Å². The zero-order valence-electron chi connectivity index (χ0n) is 18.2. The Balaban J connectivity index is 2.12. The molecule has 2 amide bonds. The second-order valence-corrected chi connectivity index (χ2v) is 10.0. The molecule has 182 valence electrons. The van der Waals surface area contributed by atoms with E-state index in [0.717, 1.165) is 25.1 Å². The molecule has 12 heteroatoms. The highest BCUT2D eigenvalue weighted by molar-refractivity contribution is 7.89. The van der Waals surface area contributed by atoms with Crippen molar-refractivity contribution in [2.45, 2.75) is 24.3 Å². The summed E-state index contributed by atoms with van der Waals surface area (Å²) in [4.78, 5) is 37.9. The molecule has 3 atom stereocenters. The lowest BCUT2D eigenvalue weighted by Gasteiger charge is -2.31. The highest BCUT2D eigenvalue weighted by atomic mass is 35.5. The highest BCUT2D eigenvalue weighted by Gasteiger charge is 2.48. The van der Waals surface area contributed by atoms with Crippen LogP contribution in [0.2, 0.25) is 5.02 Å². The van der Waals surface area contributed by atoms with Gasteiger partial charge in [-0.25, -0.2) is 17.1 Å². The minimum Gasteiger partial charge on any atom is -0.496 e. The van der Waals surface area contributed by atoms with Crippen molar-refractivity contribution < 1.29 is 37.0 Å². The summed E-state index contributed by atoms with van der Waals surface area (Å²) < 4.78 is 46.4. The fraction of sp³-hybridized carbons (Fsp3) is 0.318. The summed E-state index contributed by atoms with van der Waals surface area (Å²) in [6.07, 6.45) is -0.166. The zero-order valence-corrected chi connectivity index (χ0v) is 19.8. The molecule has 1 saturated heterocycles. The van der Waals surface area contributed by atoms with E-state index in [0.29, 0.717) is 4.31 Å². The van der Waals surface area contributed by atoms with Gasteiger partial charge in [-0.05, 0) is 61.4 Å². The number of carboxylic acids is 1. The van der Waals surface area contributed by atoms with E-state index in [1.165, 1.54) is 31.4 Å². The molecular formula is C22H22ClFN2O7S. The topological polar surface area (TPSA) is 130 Å². The van der Waals surface area contributed by atoms with Crippen LogP contribution in [0, 0.1) is 17.7 Å². The van der Waals surface area contributed by atoms with E-state index >= 15 is 0 Å². The molecule has 34 heavy (non-hydrogen) atoms. The van der Waals surface area contributed by atoms with E-state index in [2.05, 4.69) is 5.32 Å². The monoisotopic (exact) mass is 512 g/mol. The number of hydrogen-bond donors (Lipinski definition) is 2. The van der Waals surface area contributed by atoms with Crippen LogP contribution in [0.3, 0.4) is 0 Å². The Labute approximate surface area is 200 Å². The van der Waals surface area contributed by atoms with Gasteiger partial charge in [-0.3, -0.25) is 14.4 Å². The summed E-state index contributed by atoms with van der Waals surface area (Å²) in [5.74, 6) is -6.42. The molecule has 1 fully saturated rings. The van der Waals surface area contributed by atoms with Crippen LogP contribution in [0.1, 0.15) is 12.5 Å². The molecular weight excluding hydrogens is 491 g/mol. The van der Waals surface area contributed by atoms with Crippen molar-refractivity contribution in [3.8, 4) is 5.75 Å². The fourth-order valence-corrected chi connectivity index (χ4v) is 5.52. The maximum absolute atomic E-state index is 13.9. The molecule has 1 aliphatic heterocycles. The number of ether oxygens (including phenoxy) is 1. The van der Waals surface area contributed by atoms with Gasteiger partial charge >= 0.3 is 5.97 Å². The molecule has 0 bridgehead atoms. The van der Waals surface area contributed by atoms with Crippen LogP contribution in [0.4, 0.5) is 4.39 Å². The van der Waals surface area contributed by atoms with E-state index in [4.69, 9.17) is 16.3 Å². The van der Waals surface area contributed by atoms with Gasteiger partial charge in [-0.2, -0.15) is 0 Å². The second-order valence-electron chi connectivity index (χ2n) is 7.77. The standard InChI is InChI=1S/C22H22ClFN2O7S/c1-12(22(29)30)19-20(27)25-11-14(9-13-10-16(24)5-8-18(13)33-2)21(28)26(19)34(31,32)17-6-3-15(23)4-7-17/h3-8,10,12,14,19H,9,11H2,1-2H3,(H,25,27)(H,29,30)/t12?,14-,19+/m0/s1. The van der Waals surface area contributed by atoms with Crippen molar-refractivity contribution in [3.05, 3.63) is 58.9 Å². The Bertz CT molecular complexity index is 1220. The number of nitrogens with one attached hydrogen (secondary N) is 1. The van der Waals surface area contributed by atoms with Crippen molar-refractivity contribution in [3.63, 3.8) is 0 Å². The molecule has 9 nitrogen and oxygen atoms in total. The first-order valence-corrected chi connectivity index (χ1v) is 12.0. The van der Waals surface area contributed by atoms with E-state index in [1.54, 1.807) is 0 Å². The number of carbonyl (C=O) groups is 3. The Kier molecular flexibility index (Phi) is 7.47. The Morgan fingerprint density at radius 1 is 1.26 bits per heavy atom. The molecule has 2 aromatic carbocycles. The summed E-state index contributed by atoms with van der Waals surface area (Å²) in [5.41, 5.74) is 0.281. The molecule has 0 aromatic heterocycles. The second kappa shape index (κ2) is 9.98. The molecule has 0 radical (unpaired) electrons. The third kappa shape index (κ3) is 5.00. The number of carboxylic acid groups (broad SMARTS) is 1. The Morgan fingerprint density at radius 3 is 2.50 bits per heavy atom. The maximum Gasteiger partial charge on any atom is 0.308 e. The van der Waals surface area contributed by atoms with Crippen molar-refractivity contribution in [2.75, 3.05) is 13.7 Å². The van der Waals surface area contributed by atoms with Crippen LogP contribution >= 0.6 is 11.6 Å². The number of sulfonamides is 1. The number of carbonyl (C=O) groups excluding carboxylic acids is 2. The first-order valence-electron chi connectivity index (χ1n) is 10.1. The summed E-state index contributed by atoms with van der Waals surface area (Å²) in [7, 11) is -3.31. The van der Waals surface area contributed by atoms with Crippen LogP contribution in [-0.4, -0.2) is 55.3 Å². The summed E-state index contributed by atoms with van der Waals surface area (Å²) in [6.45, 7) is 0.854. The van der Waals surface area contributed by atoms with Gasteiger partial charge in [0.2, 0.25) is 11.8 Å². The van der Waals surface area contributed by atoms with Crippen molar-refractivity contribution in [1.82, 2.24) is 9.62 Å². The molecule has 0 saturated carbocycles. The predicted molar refractivity (Wildman–Crippen MR) is 119 cm³/mol. The van der Waals surface area contributed by atoms with Crippen LogP contribution in [-0.2, 0) is 30.8 Å². The molecule has 2 N–H and O–H groups in total. The smallest absolute Gasteiger partial charge is 0.308 e. The van der Waals surface area contributed by atoms with Crippen molar-refractivity contribution in [1.29, 1.82) is 0 Å². The number of hydrogen-bond acceptors (Lipinski definition) is 6. The van der Waals surface area contributed by atoms with Crippen LogP contribution in [0.25, 0.3) is 0 Å². The quantitative estimate of drug-likeness (QED) is 0.581. The molecule has 1 unspecified atom stereocenters. The van der Waals surface area contributed by atoms with Gasteiger partial charge in [0, 0.05) is 11.6 Å². The van der Waals surface area contributed by atoms with E-state index in [-0.39, 0.29) is 34.2 Å². The minimum absolute atomic E-state index is 0.166. The number of halogens is 2. The van der Waals surface area contributed by atoms with Crippen LogP contribution in [0.5, 0.6) is 5.75 Å². The van der Waals surface area contributed by atoms with Crippen LogP contribution in [0.15, 0.2) is 47.4 Å². The third-order valence-corrected chi connectivity index (χ3v) is 7.60. The fourth-order valence-electron chi connectivity index (χ4n) is 3.72. The first kappa shape index (κ1) is 25.4. The maximum atomic E-state index is 13.9. The molecule has 0 aliphatic carbocycles. The predicted octanol–water partition coefficient (Wildman–Crippen LogP) is 2.08. The summed E-state index contributed by atoms with van der Waals surface area (Å²) in [5, 5.41) is 12.2. The molecule has 3 rings (SSSR count). The normalized spacial score (nSPS) is 19.8. The third-order valence-electron chi connectivity index (χ3n) is 5.55. The SMILES string of the molecule is COc1ccc(F)cc1C[C@H]1CNC(=O)[C@@H](C(C)C(=O)O)N(S(=O)(=O)c2ccc(Cl)cc2)C1=O. The lowest BCUT2D eigenvalue weighted by Crippen LogP contribution is -2.54. The first-order chi connectivity index (χ1) is 16.0. The van der Waals surface area contributed by atoms with Gasteiger partial charge in [-0.1, -0.05) is 11.6 Å². The van der Waals surface area contributed by atoms with Gasteiger partial charge in [-0.15, -0.1) is 0 Å². The number of rotatable bonds is 7. The number of aliphatic carboxylic acids is 1. The van der Waals surface area contributed by atoms with Gasteiger partial charge in [0.25, 0.3) is 10.0 Å². The average molecular weight is 513 g/mol. The zero-order chi connectivity index (χ0) is 25.2. The molecule has 1 aliphatic rings. The lowest BCUT2D eigenvalue weighted by atomic mass is 9.97. The van der Waals surface area contributed by atoms with Gasteiger partial charge in [0.05, 0.1) is 23.8 Å². The summed E-state index contributed by atoms with van der Waals surface area (Å²) in [6, 6.07) is 6.73. The Hall–Kier alpha value is -3.18. The number of benzene rings is 2. The van der Waals surface area contributed by atoms with Crippen LogP contribution < -0.4 is 10.1 Å². The average Bonchev–Trinajstić information content (AvgIpc) is 2.90. The Morgan fingerprint density at radius 2 is 1.91 bits per heavy atom. The number of methoxy groups -OCH3 is 1. The van der Waals surface area contributed by atoms with Gasteiger partial charge < -0.3 is 15.2 Å². The minimum atomic E-state index is -4.67. The molecule has 2 aromatic rings. The lowest BCUT2D eigenvalue weighted by molar-refractivity contribution is -0.147. The van der Waals surface area contributed by atoms with E-state index < -0.39 is 51.5 Å². The van der Waals surface area contributed by atoms with E-state index in [1.807, 2.05) is 0 Å². The molecule has 0 spiro atoms. The number of nitrogens with zero attached hydrogens (tertiary/aromatic N) is 1.